The van der Waals surface area contributed by atoms with Gasteiger partial charge in [-0.15, -0.1) is 5.10 Å². The van der Waals surface area contributed by atoms with Crippen LogP contribution in [0, 0.1) is 0 Å². The summed E-state index contributed by atoms with van der Waals surface area (Å²) in [6.45, 7) is 0.312. The molecule has 5 rings (SSSR count). The van der Waals surface area contributed by atoms with Crippen molar-refractivity contribution in [2.75, 3.05) is 0 Å². The Balaban J connectivity index is 1.43. The fourth-order valence-electron chi connectivity index (χ4n) is 3.35. The molecule has 0 aliphatic carbocycles. The fourth-order valence-corrected chi connectivity index (χ4v) is 3.35. The van der Waals surface area contributed by atoms with E-state index in [9.17, 15) is 4.79 Å². The highest BCUT2D eigenvalue weighted by atomic mass is 16.3. The number of hydrogen-bond donors (Lipinski definition) is 1. The average Bonchev–Trinajstić information content (AvgIpc) is 3.64. The Kier molecular flexibility index (Phi) is 5.58. The number of amides is 1. The van der Waals surface area contributed by atoms with Crippen molar-refractivity contribution in [1.82, 2.24) is 35.3 Å². The van der Waals surface area contributed by atoms with Gasteiger partial charge in [0.15, 0.2) is 5.82 Å². The molecule has 0 unspecified atom stereocenters. The monoisotopic (exact) mass is 437 g/mol. The van der Waals surface area contributed by atoms with E-state index in [2.05, 4.69) is 25.9 Å². The van der Waals surface area contributed by atoms with Gasteiger partial charge in [-0.1, -0.05) is 42.5 Å². The first-order valence-electron chi connectivity index (χ1n) is 10.2. The number of carbonyl (C=O) groups is 1. The molecule has 0 saturated heterocycles. The van der Waals surface area contributed by atoms with Gasteiger partial charge in [0.2, 0.25) is 0 Å². The number of tetrazole rings is 1. The Labute approximate surface area is 189 Å². The van der Waals surface area contributed by atoms with Crippen LogP contribution < -0.4 is 5.32 Å². The van der Waals surface area contributed by atoms with Crippen LogP contribution in [0.2, 0.25) is 0 Å². The molecule has 1 amide bonds. The molecular formula is C24H19N7O2. The third-order valence-corrected chi connectivity index (χ3v) is 4.92. The number of furan rings is 1. The van der Waals surface area contributed by atoms with Crippen molar-refractivity contribution in [3.8, 4) is 17.1 Å². The second-order valence-electron chi connectivity index (χ2n) is 7.13. The summed E-state index contributed by atoms with van der Waals surface area (Å²) < 4.78 is 8.60. The molecule has 5 aromatic rings. The third kappa shape index (κ3) is 4.47. The summed E-state index contributed by atoms with van der Waals surface area (Å²) in [7, 11) is 0. The van der Waals surface area contributed by atoms with Crippen LogP contribution in [0.5, 0.6) is 0 Å². The molecule has 0 atom stereocenters. The van der Waals surface area contributed by atoms with Gasteiger partial charge in [0.05, 0.1) is 12.0 Å². The van der Waals surface area contributed by atoms with Gasteiger partial charge in [-0.2, -0.15) is 9.78 Å². The summed E-state index contributed by atoms with van der Waals surface area (Å²) >= 11 is 0. The lowest BCUT2D eigenvalue weighted by atomic mass is 10.2. The van der Waals surface area contributed by atoms with Crippen LogP contribution in [0.4, 0.5) is 0 Å². The molecule has 162 valence electrons. The summed E-state index contributed by atoms with van der Waals surface area (Å²) in [6, 6.07) is 22.6. The van der Waals surface area contributed by atoms with E-state index in [0.29, 0.717) is 18.1 Å². The van der Waals surface area contributed by atoms with E-state index in [0.717, 1.165) is 16.8 Å². The molecule has 3 heterocycles. The average molecular weight is 437 g/mol. The number of hydrogen-bond acceptors (Lipinski definition) is 6. The van der Waals surface area contributed by atoms with Crippen molar-refractivity contribution in [1.29, 1.82) is 0 Å². The van der Waals surface area contributed by atoms with Crippen molar-refractivity contribution in [2.45, 2.75) is 6.54 Å². The van der Waals surface area contributed by atoms with E-state index < -0.39 is 0 Å². The summed E-state index contributed by atoms with van der Waals surface area (Å²) in [4.78, 5) is 13.3. The number of carbonyl (C=O) groups excluding carboxylic acids is 1. The lowest BCUT2D eigenvalue weighted by Gasteiger charge is -2.11. The van der Waals surface area contributed by atoms with Crippen LogP contribution in [0.3, 0.4) is 0 Å². The van der Waals surface area contributed by atoms with E-state index in [-0.39, 0.29) is 11.6 Å². The van der Waals surface area contributed by atoms with E-state index in [1.54, 1.807) is 35.4 Å². The van der Waals surface area contributed by atoms with Crippen molar-refractivity contribution in [3.05, 3.63) is 103 Å². The van der Waals surface area contributed by atoms with Crippen molar-refractivity contribution >= 4 is 17.7 Å². The molecule has 0 aliphatic rings. The first-order valence-corrected chi connectivity index (χ1v) is 10.2. The van der Waals surface area contributed by atoms with Crippen LogP contribution in [0.15, 0.2) is 95.9 Å². The molecule has 0 spiro atoms. The number of aromatic nitrogens is 6. The van der Waals surface area contributed by atoms with Gasteiger partial charge >= 0.3 is 0 Å². The zero-order chi connectivity index (χ0) is 22.5. The number of benzene rings is 2. The third-order valence-electron chi connectivity index (χ3n) is 4.92. The molecule has 9 heteroatoms. The zero-order valence-electron chi connectivity index (χ0n) is 17.4. The Morgan fingerprint density at radius 1 is 1.03 bits per heavy atom. The molecule has 1 N–H and O–H groups in total. The molecule has 0 radical (unpaired) electrons. The molecule has 0 aliphatic heterocycles. The van der Waals surface area contributed by atoms with Crippen LogP contribution in [-0.4, -0.2) is 35.9 Å². The number of nitrogens with one attached hydrogen (secondary N) is 1. The van der Waals surface area contributed by atoms with Crippen molar-refractivity contribution in [2.24, 2.45) is 0 Å². The topological polar surface area (TPSA) is 104 Å². The van der Waals surface area contributed by atoms with Crippen LogP contribution in [-0.2, 0) is 11.3 Å². The second kappa shape index (κ2) is 9.15. The minimum atomic E-state index is -0.347. The molecular weight excluding hydrogens is 418 g/mol. The molecule has 0 fully saturated rings. The second-order valence-corrected chi connectivity index (χ2v) is 7.13. The molecule has 9 nitrogen and oxygen atoms in total. The Morgan fingerprint density at radius 2 is 1.94 bits per heavy atom. The van der Waals surface area contributed by atoms with E-state index in [1.165, 1.54) is 4.68 Å². The summed E-state index contributed by atoms with van der Waals surface area (Å²) in [5.74, 6) is 0.611. The fraction of sp³-hybridized carbons (Fsp3) is 0.0417. The van der Waals surface area contributed by atoms with E-state index in [4.69, 9.17) is 4.42 Å². The molecule has 0 bridgehead atoms. The molecule has 2 aromatic carbocycles. The first kappa shape index (κ1) is 20.1. The van der Waals surface area contributed by atoms with Gasteiger partial charge in [-0.05, 0) is 46.3 Å². The molecule has 0 saturated carbocycles. The van der Waals surface area contributed by atoms with Crippen LogP contribution in [0.25, 0.3) is 28.8 Å². The lowest BCUT2D eigenvalue weighted by Crippen LogP contribution is -2.27. The van der Waals surface area contributed by atoms with Gasteiger partial charge < -0.3 is 9.73 Å². The zero-order valence-corrected chi connectivity index (χ0v) is 17.4. The van der Waals surface area contributed by atoms with Gasteiger partial charge in [-0.25, -0.2) is 4.68 Å². The van der Waals surface area contributed by atoms with Crippen LogP contribution >= 0.6 is 0 Å². The predicted molar refractivity (Wildman–Crippen MR) is 122 cm³/mol. The summed E-state index contributed by atoms with van der Waals surface area (Å²) in [5.41, 5.74) is 2.85. The van der Waals surface area contributed by atoms with Gasteiger partial charge in [0, 0.05) is 30.6 Å². The van der Waals surface area contributed by atoms with Gasteiger partial charge in [0.1, 0.15) is 11.5 Å². The number of rotatable bonds is 7. The van der Waals surface area contributed by atoms with Crippen LogP contribution in [0.1, 0.15) is 11.3 Å². The maximum Gasteiger partial charge on any atom is 0.270 e. The first-order chi connectivity index (χ1) is 16.3. The largest absolute Gasteiger partial charge is 0.465 e. The minimum Gasteiger partial charge on any atom is -0.465 e. The summed E-state index contributed by atoms with van der Waals surface area (Å²) in [6.07, 6.45) is 6.74. The molecule has 33 heavy (non-hydrogen) atoms. The highest BCUT2D eigenvalue weighted by Gasteiger charge is 2.19. The minimum absolute atomic E-state index is 0.233. The summed E-state index contributed by atoms with van der Waals surface area (Å²) in [5, 5.41) is 19.2. The predicted octanol–water partition coefficient (Wildman–Crippen LogP) is 3.43. The normalized spacial score (nSPS) is 11.5. The van der Waals surface area contributed by atoms with E-state index >= 15 is 0 Å². The van der Waals surface area contributed by atoms with Crippen molar-refractivity contribution < 1.29 is 9.21 Å². The lowest BCUT2D eigenvalue weighted by molar-refractivity contribution is -0.116. The quantitative estimate of drug-likeness (QED) is 0.391. The van der Waals surface area contributed by atoms with Gasteiger partial charge in [-0.3, -0.25) is 4.79 Å². The van der Waals surface area contributed by atoms with Gasteiger partial charge in [0.25, 0.3) is 5.91 Å². The Hall–Kier alpha value is -4.79. The maximum atomic E-state index is 13.3. The maximum absolute atomic E-state index is 13.3. The van der Waals surface area contributed by atoms with E-state index in [1.807, 2.05) is 66.9 Å². The number of nitrogens with zero attached hydrogens (tertiary/aromatic N) is 6. The van der Waals surface area contributed by atoms with Crippen molar-refractivity contribution in [3.63, 3.8) is 0 Å². The standard InChI is InChI=1S/C24H19N7O2/c32-24(25-17-18-7-4-10-20(15-18)30-13-6-12-26-30)22(16-21-11-5-14-33-21)31-23(27-28-29-31)19-8-2-1-3-9-19/h1-16H,17H2,(H,25,32)/b22-16-. The SMILES string of the molecule is O=C(NCc1cccc(-n2cccn2)c1)/C(=C/c1ccco1)n1nnnc1-c1ccccc1. The highest BCUT2D eigenvalue weighted by molar-refractivity contribution is 6.18. The smallest absolute Gasteiger partial charge is 0.270 e. The Morgan fingerprint density at radius 3 is 2.73 bits per heavy atom. The highest BCUT2D eigenvalue weighted by Crippen LogP contribution is 2.21. The molecule has 3 aromatic heterocycles. The Bertz CT molecular complexity index is 1370.